The third kappa shape index (κ3) is 7.49. The van der Waals surface area contributed by atoms with Crippen LogP contribution in [0.4, 0.5) is 0 Å². The van der Waals surface area contributed by atoms with Gasteiger partial charge in [0.05, 0.1) is 0 Å². The van der Waals surface area contributed by atoms with Crippen molar-refractivity contribution >= 4 is 15.9 Å². The van der Waals surface area contributed by atoms with Gasteiger partial charge in [0.15, 0.2) is 0 Å². The maximum Gasteiger partial charge on any atom is 0.0174 e. The summed E-state index contributed by atoms with van der Waals surface area (Å²) in [4.78, 5) is 0.808. The maximum absolute atomic E-state index is 3.97. The fourth-order valence-corrected chi connectivity index (χ4v) is 3.88. The van der Waals surface area contributed by atoms with Crippen LogP contribution >= 0.6 is 15.9 Å². The fraction of sp³-hybridized carbons (Fsp3) is 1.00. The number of rotatable bonds is 7. The van der Waals surface area contributed by atoms with Crippen LogP contribution in [0, 0.1) is 5.92 Å². The number of hydrogen-bond donors (Lipinski definition) is 0. The third-order valence-corrected chi connectivity index (χ3v) is 5.45. The molecular weight excluding hydrogens is 272 g/mol. The molecule has 1 aliphatic carbocycles. The monoisotopic (exact) mass is 302 g/mol. The average Bonchev–Trinajstić information content (AvgIpc) is 2.28. The van der Waals surface area contributed by atoms with E-state index in [0.29, 0.717) is 0 Å². The van der Waals surface area contributed by atoms with Crippen LogP contribution in [0.25, 0.3) is 0 Å². The van der Waals surface area contributed by atoms with E-state index in [1.807, 2.05) is 0 Å². The van der Waals surface area contributed by atoms with E-state index in [1.165, 1.54) is 83.5 Å². The highest BCUT2D eigenvalue weighted by Crippen LogP contribution is 2.31. The van der Waals surface area contributed by atoms with Gasteiger partial charge in [-0.25, -0.2) is 0 Å². The maximum atomic E-state index is 3.97. The Balaban J connectivity index is 2.09. The lowest BCUT2D eigenvalue weighted by Crippen LogP contribution is -2.16. The molecule has 0 saturated heterocycles. The molecule has 0 amide bonds. The summed E-state index contributed by atoms with van der Waals surface area (Å²) >= 11 is 3.97. The summed E-state index contributed by atoms with van der Waals surface area (Å²) in [5.41, 5.74) is 0. The summed E-state index contributed by atoms with van der Waals surface area (Å²) in [6.45, 7) is 2.29. The van der Waals surface area contributed by atoms with Crippen molar-refractivity contribution in [1.82, 2.24) is 0 Å². The zero-order valence-electron chi connectivity index (χ0n) is 11.7. The highest BCUT2D eigenvalue weighted by molar-refractivity contribution is 9.09. The van der Waals surface area contributed by atoms with Gasteiger partial charge in [0, 0.05) is 4.83 Å². The SMILES string of the molecule is CCCCCCCC(Br)C1CCCCCCC1. The topological polar surface area (TPSA) is 0 Å². The first-order valence-corrected chi connectivity index (χ1v) is 8.90. The van der Waals surface area contributed by atoms with Crippen LogP contribution in [-0.4, -0.2) is 4.83 Å². The molecule has 1 unspecified atom stereocenters. The predicted octanol–water partition coefficient (Wildman–Crippen LogP) is 6.47. The van der Waals surface area contributed by atoms with Gasteiger partial charge in [-0.3, -0.25) is 0 Å². The lowest BCUT2D eigenvalue weighted by atomic mass is 9.87. The van der Waals surface area contributed by atoms with Crippen LogP contribution in [-0.2, 0) is 0 Å². The summed E-state index contributed by atoms with van der Waals surface area (Å²) in [5, 5.41) is 0. The van der Waals surface area contributed by atoms with Gasteiger partial charge < -0.3 is 0 Å². The second kappa shape index (κ2) is 10.4. The Bertz CT molecular complexity index is 159. The Kier molecular flexibility index (Phi) is 9.51. The second-order valence-corrected chi connectivity index (χ2v) is 7.00. The minimum atomic E-state index is 0.808. The minimum Gasteiger partial charge on any atom is -0.0888 e. The molecule has 0 N–H and O–H groups in total. The highest BCUT2D eigenvalue weighted by Gasteiger charge is 2.19. The summed E-state index contributed by atoms with van der Waals surface area (Å²) in [6, 6.07) is 0. The first-order chi connectivity index (χ1) is 8.34. The van der Waals surface area contributed by atoms with Crippen LogP contribution in [0.2, 0.25) is 0 Å². The molecule has 1 rings (SSSR count). The van der Waals surface area contributed by atoms with E-state index < -0.39 is 0 Å². The van der Waals surface area contributed by atoms with Gasteiger partial charge in [0.2, 0.25) is 0 Å². The molecule has 1 saturated carbocycles. The molecule has 0 spiro atoms. The summed E-state index contributed by atoms with van der Waals surface area (Å²) < 4.78 is 0. The molecule has 1 fully saturated rings. The van der Waals surface area contributed by atoms with Crippen LogP contribution in [0.5, 0.6) is 0 Å². The van der Waals surface area contributed by atoms with Crippen molar-refractivity contribution in [1.29, 1.82) is 0 Å². The molecule has 0 aromatic carbocycles. The average molecular weight is 303 g/mol. The summed E-state index contributed by atoms with van der Waals surface area (Å²) in [7, 11) is 0. The lowest BCUT2D eigenvalue weighted by molar-refractivity contribution is 0.359. The van der Waals surface area contributed by atoms with Crippen molar-refractivity contribution in [3.8, 4) is 0 Å². The lowest BCUT2D eigenvalue weighted by Gasteiger charge is -2.24. The molecule has 1 atom stereocenters. The molecule has 0 heterocycles. The smallest absolute Gasteiger partial charge is 0.0174 e. The standard InChI is InChI=1S/C16H31Br/c1-2-3-4-6-11-14-16(17)15-12-9-7-5-8-10-13-15/h15-16H,2-14H2,1H3. The Labute approximate surface area is 117 Å². The Morgan fingerprint density at radius 3 is 2.12 bits per heavy atom. The minimum absolute atomic E-state index is 0.808. The number of alkyl halides is 1. The molecule has 17 heavy (non-hydrogen) atoms. The Hall–Kier alpha value is 0.480. The number of unbranched alkanes of at least 4 members (excludes halogenated alkanes) is 4. The molecule has 0 aromatic heterocycles. The molecule has 0 nitrogen and oxygen atoms in total. The molecule has 1 heteroatoms. The number of hydrogen-bond acceptors (Lipinski definition) is 0. The summed E-state index contributed by atoms with van der Waals surface area (Å²) in [6.07, 6.45) is 18.9. The Morgan fingerprint density at radius 1 is 0.882 bits per heavy atom. The molecule has 1 aliphatic rings. The molecule has 0 aromatic rings. The Morgan fingerprint density at radius 2 is 1.47 bits per heavy atom. The van der Waals surface area contributed by atoms with E-state index in [2.05, 4.69) is 22.9 Å². The van der Waals surface area contributed by atoms with Crippen LogP contribution in [0.15, 0.2) is 0 Å². The van der Waals surface area contributed by atoms with Crippen molar-refractivity contribution < 1.29 is 0 Å². The van der Waals surface area contributed by atoms with Crippen molar-refractivity contribution in [2.45, 2.75) is 95.2 Å². The zero-order chi connectivity index (χ0) is 12.3. The van der Waals surface area contributed by atoms with E-state index in [-0.39, 0.29) is 0 Å². The summed E-state index contributed by atoms with van der Waals surface area (Å²) in [5.74, 6) is 0.974. The van der Waals surface area contributed by atoms with Crippen LogP contribution in [0.3, 0.4) is 0 Å². The van der Waals surface area contributed by atoms with Gasteiger partial charge in [-0.2, -0.15) is 0 Å². The van der Waals surface area contributed by atoms with Crippen LogP contribution < -0.4 is 0 Å². The van der Waals surface area contributed by atoms with Gasteiger partial charge in [-0.15, -0.1) is 0 Å². The van der Waals surface area contributed by atoms with Gasteiger partial charge in [-0.05, 0) is 25.2 Å². The predicted molar refractivity (Wildman–Crippen MR) is 81.9 cm³/mol. The van der Waals surface area contributed by atoms with Crippen molar-refractivity contribution in [2.24, 2.45) is 5.92 Å². The molecule has 0 radical (unpaired) electrons. The van der Waals surface area contributed by atoms with Gasteiger partial charge in [0.1, 0.15) is 0 Å². The van der Waals surface area contributed by atoms with E-state index in [9.17, 15) is 0 Å². The highest BCUT2D eigenvalue weighted by atomic mass is 79.9. The third-order valence-electron chi connectivity index (χ3n) is 4.24. The molecule has 0 bridgehead atoms. The fourth-order valence-electron chi connectivity index (χ4n) is 3.03. The normalized spacial score (nSPS) is 20.8. The largest absolute Gasteiger partial charge is 0.0888 e. The van der Waals surface area contributed by atoms with E-state index in [1.54, 1.807) is 0 Å². The van der Waals surface area contributed by atoms with E-state index in [4.69, 9.17) is 0 Å². The van der Waals surface area contributed by atoms with Crippen LogP contribution in [0.1, 0.15) is 90.4 Å². The number of halogens is 1. The second-order valence-electron chi connectivity index (χ2n) is 5.82. The quantitative estimate of drug-likeness (QED) is 0.373. The van der Waals surface area contributed by atoms with Gasteiger partial charge in [-0.1, -0.05) is 87.1 Å². The first-order valence-electron chi connectivity index (χ1n) is 7.98. The van der Waals surface area contributed by atoms with Crippen molar-refractivity contribution in [3.63, 3.8) is 0 Å². The van der Waals surface area contributed by atoms with Crippen molar-refractivity contribution in [2.75, 3.05) is 0 Å². The van der Waals surface area contributed by atoms with Crippen molar-refractivity contribution in [3.05, 3.63) is 0 Å². The van der Waals surface area contributed by atoms with Gasteiger partial charge in [0.25, 0.3) is 0 Å². The van der Waals surface area contributed by atoms with E-state index >= 15 is 0 Å². The van der Waals surface area contributed by atoms with E-state index in [0.717, 1.165) is 10.7 Å². The van der Waals surface area contributed by atoms with Gasteiger partial charge >= 0.3 is 0 Å². The molecule has 0 aliphatic heterocycles. The molecule has 102 valence electrons. The molecular formula is C16H31Br. The first kappa shape index (κ1) is 15.5. The zero-order valence-corrected chi connectivity index (χ0v) is 13.3.